The van der Waals surface area contributed by atoms with E-state index in [1.807, 2.05) is 29.2 Å². The van der Waals surface area contributed by atoms with Crippen LogP contribution in [0.1, 0.15) is 0 Å². The number of anilines is 2. The summed E-state index contributed by atoms with van der Waals surface area (Å²) < 4.78 is 5.34. The largest absolute Gasteiger partial charge is 0.368 e. The van der Waals surface area contributed by atoms with Crippen molar-refractivity contribution in [1.29, 1.82) is 5.26 Å². The summed E-state index contributed by atoms with van der Waals surface area (Å²) in [5.74, 6) is 1.01. The highest BCUT2D eigenvalue weighted by atomic mass is 16.5. The minimum Gasteiger partial charge on any atom is -0.368 e. The number of hydrogen-bond acceptors (Lipinski definition) is 6. The van der Waals surface area contributed by atoms with Gasteiger partial charge in [-0.25, -0.2) is 4.98 Å². The minimum atomic E-state index is -0.427. The Morgan fingerprint density at radius 3 is 3.05 bits per heavy atom. The molecule has 19 heavy (non-hydrogen) atoms. The highest BCUT2D eigenvalue weighted by molar-refractivity contribution is 5.90. The van der Waals surface area contributed by atoms with Crippen molar-refractivity contribution in [2.24, 2.45) is 0 Å². The van der Waals surface area contributed by atoms with Crippen LogP contribution >= 0.6 is 0 Å². The number of aromatic nitrogens is 2. The van der Waals surface area contributed by atoms with Gasteiger partial charge in [-0.05, 0) is 12.1 Å². The molecule has 0 spiro atoms. The van der Waals surface area contributed by atoms with E-state index in [4.69, 9.17) is 15.7 Å². The van der Waals surface area contributed by atoms with Crippen molar-refractivity contribution in [3.05, 3.63) is 24.3 Å². The van der Waals surface area contributed by atoms with Crippen LogP contribution in [0.2, 0.25) is 0 Å². The summed E-state index contributed by atoms with van der Waals surface area (Å²) in [7, 11) is 0. The third-order valence-corrected chi connectivity index (χ3v) is 3.11. The average Bonchev–Trinajstić information content (AvgIpc) is 2.46. The first kappa shape index (κ1) is 11.7. The standard InChI is InChI=1S/C13H13N5O/c14-7-9-8-18(5-6-19-9)12-10-3-1-2-4-11(10)16-13(15)17-12/h1-4,9H,5-6,8H2,(H2,15,16,17). The van der Waals surface area contributed by atoms with E-state index in [1.54, 1.807) is 0 Å². The van der Waals surface area contributed by atoms with Gasteiger partial charge in [-0.3, -0.25) is 0 Å². The van der Waals surface area contributed by atoms with E-state index in [1.165, 1.54) is 0 Å². The van der Waals surface area contributed by atoms with E-state index < -0.39 is 6.10 Å². The molecule has 1 aliphatic heterocycles. The van der Waals surface area contributed by atoms with E-state index in [2.05, 4.69) is 16.0 Å². The molecule has 6 nitrogen and oxygen atoms in total. The van der Waals surface area contributed by atoms with Gasteiger partial charge in [0.15, 0.2) is 6.10 Å². The molecule has 6 heteroatoms. The van der Waals surface area contributed by atoms with Crippen molar-refractivity contribution in [2.75, 3.05) is 30.3 Å². The van der Waals surface area contributed by atoms with Gasteiger partial charge in [0.2, 0.25) is 5.95 Å². The fourth-order valence-corrected chi connectivity index (χ4v) is 2.24. The number of nitriles is 1. The first-order valence-corrected chi connectivity index (χ1v) is 6.06. The number of hydrogen-bond donors (Lipinski definition) is 1. The Morgan fingerprint density at radius 2 is 2.21 bits per heavy atom. The molecular weight excluding hydrogens is 242 g/mol. The highest BCUT2D eigenvalue weighted by Gasteiger charge is 2.23. The number of para-hydroxylation sites is 1. The van der Waals surface area contributed by atoms with Crippen molar-refractivity contribution in [1.82, 2.24) is 9.97 Å². The van der Waals surface area contributed by atoms with Gasteiger partial charge in [0.25, 0.3) is 0 Å². The maximum atomic E-state index is 8.96. The van der Waals surface area contributed by atoms with E-state index in [0.717, 1.165) is 16.7 Å². The van der Waals surface area contributed by atoms with Crippen LogP contribution in [0, 0.1) is 11.3 Å². The third-order valence-electron chi connectivity index (χ3n) is 3.11. The van der Waals surface area contributed by atoms with Gasteiger partial charge in [0.1, 0.15) is 5.82 Å². The van der Waals surface area contributed by atoms with Gasteiger partial charge in [0.05, 0.1) is 24.7 Å². The monoisotopic (exact) mass is 255 g/mol. The van der Waals surface area contributed by atoms with E-state index >= 15 is 0 Å². The maximum Gasteiger partial charge on any atom is 0.222 e. The summed E-state index contributed by atoms with van der Waals surface area (Å²) in [6.07, 6.45) is -0.427. The predicted molar refractivity (Wildman–Crippen MR) is 71.5 cm³/mol. The molecule has 1 aliphatic rings. The molecule has 1 unspecified atom stereocenters. The Labute approximate surface area is 110 Å². The van der Waals surface area contributed by atoms with Gasteiger partial charge in [-0.2, -0.15) is 10.2 Å². The van der Waals surface area contributed by atoms with Crippen LogP contribution in [0.4, 0.5) is 11.8 Å². The number of nitrogen functional groups attached to an aromatic ring is 1. The smallest absolute Gasteiger partial charge is 0.222 e. The van der Waals surface area contributed by atoms with Crippen molar-refractivity contribution >= 4 is 22.7 Å². The molecule has 1 saturated heterocycles. The van der Waals surface area contributed by atoms with E-state index in [9.17, 15) is 0 Å². The van der Waals surface area contributed by atoms with Crippen molar-refractivity contribution in [2.45, 2.75) is 6.10 Å². The summed E-state index contributed by atoms with van der Waals surface area (Å²) >= 11 is 0. The molecule has 0 radical (unpaired) electrons. The molecule has 0 amide bonds. The number of ether oxygens (including phenoxy) is 1. The minimum absolute atomic E-state index is 0.244. The molecule has 1 fully saturated rings. The highest BCUT2D eigenvalue weighted by Crippen LogP contribution is 2.25. The molecular formula is C13H13N5O. The number of fused-ring (bicyclic) bond motifs is 1. The topological polar surface area (TPSA) is 88.1 Å². The summed E-state index contributed by atoms with van der Waals surface area (Å²) in [5.41, 5.74) is 6.56. The first-order chi connectivity index (χ1) is 9.28. The van der Waals surface area contributed by atoms with Gasteiger partial charge >= 0.3 is 0 Å². The van der Waals surface area contributed by atoms with Crippen LogP contribution in [0.5, 0.6) is 0 Å². The van der Waals surface area contributed by atoms with Crippen LogP contribution in [0.25, 0.3) is 10.9 Å². The zero-order valence-corrected chi connectivity index (χ0v) is 10.3. The normalized spacial score (nSPS) is 19.3. The first-order valence-electron chi connectivity index (χ1n) is 6.06. The van der Waals surface area contributed by atoms with Gasteiger partial charge in [-0.1, -0.05) is 12.1 Å². The molecule has 2 heterocycles. The lowest BCUT2D eigenvalue weighted by Crippen LogP contribution is -2.42. The lowest BCUT2D eigenvalue weighted by atomic mass is 10.2. The summed E-state index contributed by atoms with van der Waals surface area (Å²) in [6, 6.07) is 9.84. The number of morpholine rings is 1. The molecule has 1 aromatic heterocycles. The average molecular weight is 255 g/mol. The second-order valence-electron chi connectivity index (χ2n) is 4.36. The number of nitrogens with two attached hydrogens (primary N) is 1. The lowest BCUT2D eigenvalue weighted by Gasteiger charge is -2.31. The predicted octanol–water partition coefficient (Wildman–Crippen LogP) is 0.941. The van der Waals surface area contributed by atoms with Crippen LogP contribution in [-0.4, -0.2) is 35.8 Å². The van der Waals surface area contributed by atoms with Crippen LogP contribution in [-0.2, 0) is 4.74 Å². The second kappa shape index (κ2) is 4.71. The molecule has 1 atom stereocenters. The SMILES string of the molecule is N#CC1CN(c2nc(N)nc3ccccc23)CCO1. The molecule has 96 valence electrons. The Morgan fingerprint density at radius 1 is 1.37 bits per heavy atom. The van der Waals surface area contributed by atoms with Crippen molar-refractivity contribution < 1.29 is 4.74 Å². The van der Waals surface area contributed by atoms with Gasteiger partial charge < -0.3 is 15.4 Å². The zero-order valence-electron chi connectivity index (χ0n) is 10.3. The molecule has 0 saturated carbocycles. The van der Waals surface area contributed by atoms with Crippen molar-refractivity contribution in [3.63, 3.8) is 0 Å². The van der Waals surface area contributed by atoms with Gasteiger partial charge in [-0.15, -0.1) is 0 Å². The fraction of sp³-hybridized carbons (Fsp3) is 0.308. The summed E-state index contributed by atoms with van der Waals surface area (Å²) in [5, 5.41) is 9.90. The Bertz CT molecular complexity index is 651. The number of rotatable bonds is 1. The molecule has 1 aromatic carbocycles. The van der Waals surface area contributed by atoms with E-state index in [0.29, 0.717) is 19.7 Å². The second-order valence-corrected chi connectivity index (χ2v) is 4.36. The summed E-state index contributed by atoms with van der Waals surface area (Å²) in [6.45, 7) is 1.70. The fourth-order valence-electron chi connectivity index (χ4n) is 2.24. The molecule has 2 aromatic rings. The molecule has 0 bridgehead atoms. The van der Waals surface area contributed by atoms with E-state index in [-0.39, 0.29) is 5.95 Å². The Hall–Kier alpha value is -2.39. The quantitative estimate of drug-likeness (QED) is 0.815. The molecule has 2 N–H and O–H groups in total. The zero-order chi connectivity index (χ0) is 13.2. The van der Waals surface area contributed by atoms with Crippen LogP contribution in [0.15, 0.2) is 24.3 Å². The summed E-state index contributed by atoms with van der Waals surface area (Å²) in [4.78, 5) is 10.6. The Kier molecular flexibility index (Phi) is 2.89. The van der Waals surface area contributed by atoms with Gasteiger partial charge in [0, 0.05) is 11.9 Å². The molecule has 3 rings (SSSR count). The van der Waals surface area contributed by atoms with Crippen molar-refractivity contribution in [3.8, 4) is 6.07 Å². The number of nitrogens with zero attached hydrogens (tertiary/aromatic N) is 4. The lowest BCUT2D eigenvalue weighted by molar-refractivity contribution is 0.0763. The third kappa shape index (κ3) is 2.16. The van der Waals surface area contributed by atoms with Crippen LogP contribution < -0.4 is 10.6 Å². The molecule has 0 aliphatic carbocycles. The Balaban J connectivity index is 2.07. The van der Waals surface area contributed by atoms with Crippen LogP contribution in [0.3, 0.4) is 0 Å². The maximum absolute atomic E-state index is 8.96. The number of benzene rings is 1.